The molecule has 0 fully saturated rings. The number of aromatic nitrogens is 1. The Morgan fingerprint density at radius 1 is 1.36 bits per heavy atom. The van der Waals surface area contributed by atoms with Crippen LogP contribution >= 0.6 is 34.3 Å². The third-order valence-corrected chi connectivity index (χ3v) is 5.18. The van der Waals surface area contributed by atoms with Crippen molar-refractivity contribution >= 4 is 45.3 Å². The molecule has 3 nitrogen and oxygen atoms in total. The molecule has 1 amide bonds. The highest BCUT2D eigenvalue weighted by atomic mass is 35.5. The molecular weight excluding hydrogens is 336 g/mol. The summed E-state index contributed by atoms with van der Waals surface area (Å²) in [5.74, 6) is -0.125. The van der Waals surface area contributed by atoms with E-state index in [0.29, 0.717) is 10.7 Å². The van der Waals surface area contributed by atoms with E-state index < -0.39 is 0 Å². The molecule has 0 unspecified atom stereocenters. The van der Waals surface area contributed by atoms with E-state index in [1.807, 2.05) is 29.8 Å². The van der Waals surface area contributed by atoms with Gasteiger partial charge in [0.1, 0.15) is 0 Å². The maximum Gasteiger partial charge on any atom is 0.258 e. The Bertz CT molecular complexity index is 796. The van der Waals surface area contributed by atoms with Crippen molar-refractivity contribution in [2.75, 3.05) is 5.32 Å². The Balaban J connectivity index is 1.68. The molecule has 3 rings (SSSR count). The van der Waals surface area contributed by atoms with E-state index in [9.17, 15) is 4.79 Å². The third-order valence-electron chi connectivity index (χ3n) is 3.17. The van der Waals surface area contributed by atoms with Crippen LogP contribution in [0.3, 0.4) is 0 Å². The predicted octanol–water partition coefficient (Wildman–Crippen LogP) is 5.01. The molecule has 0 atom stereocenters. The largest absolute Gasteiger partial charge is 0.298 e. The van der Waals surface area contributed by atoms with Crippen molar-refractivity contribution in [3.05, 3.63) is 67.8 Å². The number of nitrogens with one attached hydrogen (secondary N) is 1. The SMILES string of the molecule is Cc1ccc(Cc2cnc(NC(=O)c3ccsc3)s2)cc1Cl. The van der Waals surface area contributed by atoms with Gasteiger partial charge in [-0.25, -0.2) is 4.98 Å². The molecule has 1 aromatic carbocycles. The number of anilines is 1. The van der Waals surface area contributed by atoms with Crippen molar-refractivity contribution in [1.82, 2.24) is 4.98 Å². The van der Waals surface area contributed by atoms with Crippen molar-refractivity contribution in [1.29, 1.82) is 0 Å². The Morgan fingerprint density at radius 2 is 2.23 bits per heavy atom. The van der Waals surface area contributed by atoms with Gasteiger partial charge in [0.15, 0.2) is 5.13 Å². The van der Waals surface area contributed by atoms with Crippen molar-refractivity contribution in [2.24, 2.45) is 0 Å². The van der Waals surface area contributed by atoms with Crippen LogP contribution in [-0.2, 0) is 6.42 Å². The second kappa shape index (κ2) is 6.60. The number of thiazole rings is 1. The van der Waals surface area contributed by atoms with Gasteiger partial charge < -0.3 is 0 Å². The molecule has 2 aromatic heterocycles. The molecule has 0 bridgehead atoms. The molecule has 0 aliphatic carbocycles. The lowest BCUT2D eigenvalue weighted by Gasteiger charge is -2.02. The highest BCUT2D eigenvalue weighted by Crippen LogP contribution is 2.24. The Kier molecular flexibility index (Phi) is 4.57. The lowest BCUT2D eigenvalue weighted by molar-refractivity contribution is 0.102. The molecule has 1 N–H and O–H groups in total. The van der Waals surface area contributed by atoms with Gasteiger partial charge in [0.05, 0.1) is 5.56 Å². The van der Waals surface area contributed by atoms with E-state index in [4.69, 9.17) is 11.6 Å². The van der Waals surface area contributed by atoms with Crippen LogP contribution in [0.2, 0.25) is 5.02 Å². The topological polar surface area (TPSA) is 42.0 Å². The first-order valence-corrected chi connectivity index (χ1v) is 8.79. The summed E-state index contributed by atoms with van der Waals surface area (Å²) in [6.07, 6.45) is 2.55. The normalized spacial score (nSPS) is 10.6. The Morgan fingerprint density at radius 3 is 2.95 bits per heavy atom. The molecule has 22 heavy (non-hydrogen) atoms. The van der Waals surface area contributed by atoms with Gasteiger partial charge in [-0.15, -0.1) is 11.3 Å². The van der Waals surface area contributed by atoms with Crippen molar-refractivity contribution in [3.8, 4) is 0 Å². The van der Waals surface area contributed by atoms with Crippen molar-refractivity contribution < 1.29 is 4.79 Å². The molecule has 2 heterocycles. The summed E-state index contributed by atoms with van der Waals surface area (Å²) in [5.41, 5.74) is 2.86. The number of thiophene rings is 1. The fourth-order valence-electron chi connectivity index (χ4n) is 1.96. The number of amides is 1. The van der Waals surface area contributed by atoms with Gasteiger partial charge >= 0.3 is 0 Å². The monoisotopic (exact) mass is 348 g/mol. The number of hydrogen-bond donors (Lipinski definition) is 1. The average Bonchev–Trinajstić information content (AvgIpc) is 3.15. The molecule has 0 aliphatic heterocycles. The van der Waals surface area contributed by atoms with E-state index >= 15 is 0 Å². The fourth-order valence-corrected chi connectivity index (χ4v) is 3.64. The van der Waals surface area contributed by atoms with Crippen LogP contribution in [0.25, 0.3) is 0 Å². The molecule has 0 radical (unpaired) electrons. The molecule has 0 aliphatic rings. The molecule has 0 saturated carbocycles. The number of aryl methyl sites for hydroxylation is 1. The molecular formula is C16H13ClN2OS2. The number of nitrogens with zero attached hydrogens (tertiary/aromatic N) is 1. The highest BCUT2D eigenvalue weighted by molar-refractivity contribution is 7.15. The van der Waals surface area contributed by atoms with Crippen molar-refractivity contribution in [2.45, 2.75) is 13.3 Å². The Hall–Kier alpha value is -1.69. The lowest BCUT2D eigenvalue weighted by atomic mass is 10.1. The first-order valence-electron chi connectivity index (χ1n) is 6.65. The van der Waals surface area contributed by atoms with Gasteiger partial charge in [-0.05, 0) is 35.6 Å². The molecule has 112 valence electrons. The summed E-state index contributed by atoms with van der Waals surface area (Å²) < 4.78 is 0. The van der Waals surface area contributed by atoms with Crippen LogP contribution in [0.5, 0.6) is 0 Å². The second-order valence-corrected chi connectivity index (χ2v) is 7.16. The summed E-state index contributed by atoms with van der Waals surface area (Å²) in [4.78, 5) is 17.3. The number of halogens is 1. The van der Waals surface area contributed by atoms with Crippen LogP contribution in [0.1, 0.15) is 26.4 Å². The summed E-state index contributed by atoms with van der Waals surface area (Å²) in [5, 5.41) is 7.90. The van der Waals surface area contributed by atoms with Gasteiger partial charge in [0.2, 0.25) is 0 Å². The highest BCUT2D eigenvalue weighted by Gasteiger charge is 2.10. The quantitative estimate of drug-likeness (QED) is 0.720. The molecule has 6 heteroatoms. The maximum atomic E-state index is 12.0. The summed E-state index contributed by atoms with van der Waals surface area (Å²) in [6, 6.07) is 7.84. The smallest absolute Gasteiger partial charge is 0.258 e. The first-order chi connectivity index (χ1) is 10.6. The average molecular weight is 349 g/mol. The zero-order valence-electron chi connectivity index (χ0n) is 11.8. The van der Waals surface area contributed by atoms with E-state index in [1.165, 1.54) is 22.7 Å². The van der Waals surface area contributed by atoms with Crippen LogP contribution < -0.4 is 5.32 Å². The number of carbonyl (C=O) groups is 1. The summed E-state index contributed by atoms with van der Waals surface area (Å²) in [7, 11) is 0. The number of benzene rings is 1. The Labute approximate surface area is 141 Å². The standard InChI is InChI=1S/C16H13ClN2OS2/c1-10-2-3-11(7-14(10)17)6-13-8-18-16(22-13)19-15(20)12-4-5-21-9-12/h2-5,7-9H,6H2,1H3,(H,18,19,20). The minimum atomic E-state index is -0.125. The minimum Gasteiger partial charge on any atom is -0.298 e. The fraction of sp³-hybridized carbons (Fsp3) is 0.125. The number of rotatable bonds is 4. The van der Waals surface area contributed by atoms with E-state index in [2.05, 4.69) is 16.4 Å². The second-order valence-electron chi connectivity index (χ2n) is 4.86. The van der Waals surface area contributed by atoms with Gasteiger partial charge in [0.25, 0.3) is 5.91 Å². The summed E-state index contributed by atoms with van der Waals surface area (Å²) >= 11 is 9.12. The summed E-state index contributed by atoms with van der Waals surface area (Å²) in [6.45, 7) is 1.98. The maximum absolute atomic E-state index is 12.0. The zero-order chi connectivity index (χ0) is 15.5. The van der Waals surface area contributed by atoms with Crippen LogP contribution in [0.4, 0.5) is 5.13 Å². The van der Waals surface area contributed by atoms with E-state index in [0.717, 1.165) is 27.4 Å². The minimum absolute atomic E-state index is 0.125. The first kappa shape index (κ1) is 15.2. The van der Waals surface area contributed by atoms with E-state index in [1.54, 1.807) is 12.3 Å². The number of carbonyl (C=O) groups excluding carboxylic acids is 1. The predicted molar refractivity (Wildman–Crippen MR) is 93.4 cm³/mol. The third kappa shape index (κ3) is 3.55. The van der Waals surface area contributed by atoms with Crippen LogP contribution in [-0.4, -0.2) is 10.9 Å². The molecule has 0 saturated heterocycles. The van der Waals surface area contributed by atoms with Gasteiger partial charge in [-0.2, -0.15) is 11.3 Å². The van der Waals surface area contributed by atoms with Gasteiger partial charge in [0, 0.05) is 27.9 Å². The van der Waals surface area contributed by atoms with Crippen LogP contribution in [0.15, 0.2) is 41.2 Å². The lowest BCUT2D eigenvalue weighted by Crippen LogP contribution is -2.10. The van der Waals surface area contributed by atoms with Gasteiger partial charge in [-0.1, -0.05) is 23.7 Å². The van der Waals surface area contributed by atoms with Gasteiger partial charge in [-0.3, -0.25) is 10.1 Å². The molecule has 3 aromatic rings. The molecule has 0 spiro atoms. The zero-order valence-corrected chi connectivity index (χ0v) is 14.2. The number of hydrogen-bond acceptors (Lipinski definition) is 4. The van der Waals surface area contributed by atoms with E-state index in [-0.39, 0.29) is 5.91 Å². The van der Waals surface area contributed by atoms with Crippen LogP contribution in [0, 0.1) is 6.92 Å². The van der Waals surface area contributed by atoms with Crippen molar-refractivity contribution in [3.63, 3.8) is 0 Å².